The molecule has 3 rings (SSSR count). The van der Waals surface area contributed by atoms with E-state index in [4.69, 9.17) is 0 Å². The number of rotatable bonds is 4. The SMILES string of the molecule is O=C(Cc1cccc(C(F)(F)F)c1)Nc1cccnc1-n1cncn1. The first kappa shape index (κ1) is 16.6. The zero-order valence-electron chi connectivity index (χ0n) is 12.7. The summed E-state index contributed by atoms with van der Waals surface area (Å²) in [6.07, 6.45) is -0.376. The van der Waals surface area contributed by atoms with Crippen LogP contribution in [0.4, 0.5) is 18.9 Å². The Morgan fingerprint density at radius 2 is 2.04 bits per heavy atom. The molecule has 3 aromatic rings. The van der Waals surface area contributed by atoms with Crippen LogP contribution in [0.15, 0.2) is 55.2 Å². The third-order valence-electron chi connectivity index (χ3n) is 3.32. The number of halogens is 3. The number of alkyl halides is 3. The van der Waals surface area contributed by atoms with Gasteiger partial charge in [-0.25, -0.2) is 14.6 Å². The van der Waals surface area contributed by atoms with Crippen LogP contribution in [0, 0.1) is 0 Å². The molecule has 1 aromatic carbocycles. The highest BCUT2D eigenvalue weighted by atomic mass is 19.4. The smallest absolute Gasteiger partial charge is 0.323 e. The Kier molecular flexibility index (Phi) is 4.46. The molecule has 2 aromatic heterocycles. The van der Waals surface area contributed by atoms with Gasteiger partial charge in [0.05, 0.1) is 17.7 Å². The number of nitrogens with zero attached hydrogens (tertiary/aromatic N) is 4. The molecular formula is C16H12F3N5O. The zero-order chi connectivity index (χ0) is 17.9. The lowest BCUT2D eigenvalue weighted by molar-refractivity contribution is -0.137. The molecule has 0 bridgehead atoms. The molecule has 0 aliphatic carbocycles. The number of hydrogen-bond donors (Lipinski definition) is 1. The summed E-state index contributed by atoms with van der Waals surface area (Å²) in [5.41, 5.74) is -0.147. The van der Waals surface area contributed by atoms with Gasteiger partial charge in [-0.15, -0.1) is 0 Å². The van der Waals surface area contributed by atoms with Crippen LogP contribution in [0.2, 0.25) is 0 Å². The normalized spacial score (nSPS) is 11.3. The molecular weight excluding hydrogens is 335 g/mol. The number of hydrogen-bond acceptors (Lipinski definition) is 4. The van der Waals surface area contributed by atoms with Gasteiger partial charge in [0.1, 0.15) is 12.7 Å². The van der Waals surface area contributed by atoms with E-state index in [9.17, 15) is 18.0 Å². The van der Waals surface area contributed by atoms with Crippen molar-refractivity contribution in [2.75, 3.05) is 5.32 Å². The molecule has 2 heterocycles. The van der Waals surface area contributed by atoms with Gasteiger partial charge in [0.25, 0.3) is 0 Å². The quantitative estimate of drug-likeness (QED) is 0.788. The molecule has 128 valence electrons. The second-order valence-electron chi connectivity index (χ2n) is 5.14. The molecule has 0 saturated carbocycles. The second kappa shape index (κ2) is 6.71. The van der Waals surface area contributed by atoms with Gasteiger partial charge in [-0.1, -0.05) is 18.2 Å². The number of benzene rings is 1. The highest BCUT2D eigenvalue weighted by molar-refractivity contribution is 5.93. The molecule has 0 radical (unpaired) electrons. The topological polar surface area (TPSA) is 72.7 Å². The number of carbonyl (C=O) groups excluding carboxylic acids is 1. The predicted molar refractivity (Wildman–Crippen MR) is 82.9 cm³/mol. The van der Waals surface area contributed by atoms with E-state index in [2.05, 4.69) is 20.4 Å². The molecule has 0 aliphatic heterocycles. The lowest BCUT2D eigenvalue weighted by Crippen LogP contribution is -2.17. The lowest BCUT2D eigenvalue weighted by Gasteiger charge is -2.11. The Balaban J connectivity index is 1.76. The number of aromatic nitrogens is 4. The number of nitrogens with one attached hydrogen (secondary N) is 1. The Bertz CT molecular complexity index is 877. The van der Waals surface area contributed by atoms with Crippen molar-refractivity contribution in [1.29, 1.82) is 0 Å². The number of amides is 1. The summed E-state index contributed by atoms with van der Waals surface area (Å²) >= 11 is 0. The van der Waals surface area contributed by atoms with Crippen molar-refractivity contribution in [3.63, 3.8) is 0 Å². The first-order valence-electron chi connectivity index (χ1n) is 7.19. The molecule has 0 unspecified atom stereocenters. The van der Waals surface area contributed by atoms with Crippen molar-refractivity contribution in [3.8, 4) is 5.82 Å². The van der Waals surface area contributed by atoms with Crippen LogP contribution in [-0.4, -0.2) is 25.7 Å². The van der Waals surface area contributed by atoms with Crippen molar-refractivity contribution in [1.82, 2.24) is 19.7 Å². The third kappa shape index (κ3) is 4.00. The molecule has 0 spiro atoms. The monoisotopic (exact) mass is 347 g/mol. The van der Waals surface area contributed by atoms with E-state index in [-0.39, 0.29) is 12.0 Å². The molecule has 1 amide bonds. The molecule has 9 heteroatoms. The minimum Gasteiger partial charge on any atom is -0.323 e. The van der Waals surface area contributed by atoms with Crippen molar-refractivity contribution in [3.05, 3.63) is 66.4 Å². The molecule has 1 N–H and O–H groups in total. The molecule has 25 heavy (non-hydrogen) atoms. The summed E-state index contributed by atoms with van der Waals surface area (Å²) in [6, 6.07) is 7.91. The first-order chi connectivity index (χ1) is 11.9. The average molecular weight is 347 g/mol. The zero-order valence-corrected chi connectivity index (χ0v) is 12.7. The van der Waals surface area contributed by atoms with Crippen LogP contribution in [0.5, 0.6) is 0 Å². The fraction of sp³-hybridized carbons (Fsp3) is 0.125. The minimum atomic E-state index is -4.45. The van der Waals surface area contributed by atoms with Gasteiger partial charge in [0, 0.05) is 6.20 Å². The molecule has 0 fully saturated rings. The summed E-state index contributed by atoms with van der Waals surface area (Å²) in [4.78, 5) is 20.1. The molecule has 0 atom stereocenters. The van der Waals surface area contributed by atoms with Gasteiger partial charge in [-0.05, 0) is 23.8 Å². The van der Waals surface area contributed by atoms with E-state index in [1.54, 1.807) is 12.1 Å². The maximum Gasteiger partial charge on any atom is 0.416 e. The van der Waals surface area contributed by atoms with E-state index in [1.165, 1.54) is 35.7 Å². The third-order valence-corrected chi connectivity index (χ3v) is 3.32. The van der Waals surface area contributed by atoms with Gasteiger partial charge in [-0.3, -0.25) is 4.79 Å². The molecule has 0 saturated heterocycles. The van der Waals surface area contributed by atoms with Crippen LogP contribution in [0.3, 0.4) is 0 Å². The number of pyridine rings is 1. The predicted octanol–water partition coefficient (Wildman–Crippen LogP) is 2.86. The Morgan fingerprint density at radius 1 is 1.20 bits per heavy atom. The van der Waals surface area contributed by atoms with E-state index in [1.807, 2.05) is 0 Å². The van der Waals surface area contributed by atoms with Crippen molar-refractivity contribution in [2.24, 2.45) is 0 Å². The van der Waals surface area contributed by atoms with Crippen molar-refractivity contribution >= 4 is 11.6 Å². The van der Waals surface area contributed by atoms with Crippen LogP contribution >= 0.6 is 0 Å². The highest BCUT2D eigenvalue weighted by Gasteiger charge is 2.30. The van der Waals surface area contributed by atoms with E-state index >= 15 is 0 Å². The van der Waals surface area contributed by atoms with E-state index < -0.39 is 17.6 Å². The van der Waals surface area contributed by atoms with E-state index in [0.717, 1.165) is 12.1 Å². The Morgan fingerprint density at radius 3 is 2.76 bits per heavy atom. The van der Waals surface area contributed by atoms with Crippen LogP contribution in [0.25, 0.3) is 5.82 Å². The fourth-order valence-electron chi connectivity index (χ4n) is 2.23. The van der Waals surface area contributed by atoms with Gasteiger partial charge in [-0.2, -0.15) is 18.3 Å². The summed E-state index contributed by atoms with van der Waals surface area (Å²) < 4.78 is 39.6. The average Bonchev–Trinajstić information content (AvgIpc) is 3.09. The van der Waals surface area contributed by atoms with Crippen LogP contribution in [0.1, 0.15) is 11.1 Å². The lowest BCUT2D eigenvalue weighted by atomic mass is 10.1. The largest absolute Gasteiger partial charge is 0.416 e. The van der Waals surface area contributed by atoms with Crippen LogP contribution in [-0.2, 0) is 17.4 Å². The first-order valence-corrected chi connectivity index (χ1v) is 7.19. The minimum absolute atomic E-state index is 0.199. The maximum absolute atomic E-state index is 12.7. The molecule has 0 aliphatic rings. The van der Waals surface area contributed by atoms with E-state index in [0.29, 0.717) is 11.5 Å². The maximum atomic E-state index is 12.7. The van der Waals surface area contributed by atoms with Crippen molar-refractivity contribution in [2.45, 2.75) is 12.6 Å². The number of anilines is 1. The highest BCUT2D eigenvalue weighted by Crippen LogP contribution is 2.29. The summed E-state index contributed by atoms with van der Waals surface area (Å²) in [6.45, 7) is 0. The van der Waals surface area contributed by atoms with Gasteiger partial charge in [0.15, 0.2) is 5.82 Å². The number of carbonyl (C=O) groups is 1. The summed E-state index contributed by atoms with van der Waals surface area (Å²) in [5.74, 6) is -0.105. The standard InChI is InChI=1S/C16H12F3N5O/c17-16(18,19)12-4-1-3-11(7-12)8-14(25)23-13-5-2-6-21-15(13)24-10-20-9-22-24/h1-7,9-10H,8H2,(H,23,25). The van der Waals surface area contributed by atoms with Crippen molar-refractivity contribution < 1.29 is 18.0 Å². The van der Waals surface area contributed by atoms with Gasteiger partial charge in [0.2, 0.25) is 5.91 Å². The van der Waals surface area contributed by atoms with Gasteiger partial charge >= 0.3 is 6.18 Å². The summed E-state index contributed by atoms with van der Waals surface area (Å²) in [7, 11) is 0. The Hall–Kier alpha value is -3.23. The van der Waals surface area contributed by atoms with Crippen LogP contribution < -0.4 is 5.32 Å². The Labute approximate surface area is 140 Å². The fourth-order valence-corrected chi connectivity index (χ4v) is 2.23. The summed E-state index contributed by atoms with van der Waals surface area (Å²) in [5, 5.41) is 6.58. The molecule has 6 nitrogen and oxygen atoms in total. The second-order valence-corrected chi connectivity index (χ2v) is 5.14. The van der Waals surface area contributed by atoms with Gasteiger partial charge < -0.3 is 5.32 Å².